The van der Waals surface area contributed by atoms with E-state index in [0.29, 0.717) is 11.7 Å². The molecule has 0 saturated carbocycles. The lowest BCUT2D eigenvalue weighted by molar-refractivity contribution is -0.388. The summed E-state index contributed by atoms with van der Waals surface area (Å²) in [5.41, 5.74) is -0.595. The molecule has 0 atom stereocenters. The Morgan fingerprint density at radius 3 is 2.95 bits per heavy atom. The van der Waals surface area contributed by atoms with Gasteiger partial charge in [0.15, 0.2) is 10.2 Å². The topological polar surface area (TPSA) is 132 Å². The third-order valence-corrected chi connectivity index (χ3v) is 3.50. The third kappa shape index (κ3) is 3.18. The van der Waals surface area contributed by atoms with Gasteiger partial charge in [-0.05, 0) is 18.2 Å². The minimum Gasteiger partial charge on any atom is -0.357 e. The fourth-order valence-corrected chi connectivity index (χ4v) is 2.48. The molecule has 2 aromatic rings. The van der Waals surface area contributed by atoms with Crippen LogP contribution in [0.4, 0.5) is 11.6 Å². The number of H-pyrrole nitrogens is 1. The van der Waals surface area contributed by atoms with Gasteiger partial charge in [0.25, 0.3) is 0 Å². The molecule has 0 unspecified atom stereocenters. The van der Waals surface area contributed by atoms with E-state index in [1.165, 1.54) is 4.57 Å². The van der Waals surface area contributed by atoms with E-state index in [1.54, 1.807) is 7.05 Å². The van der Waals surface area contributed by atoms with E-state index < -0.39 is 4.92 Å². The zero-order valence-electron chi connectivity index (χ0n) is 11.4. The SMILES string of the molecule is CCCn1c(Sc2nc(NC)ncc2[N+](=O)[O-])n[nH]c1=O. The number of anilines is 1. The Hall–Kier alpha value is -2.43. The monoisotopic (exact) mass is 311 g/mol. The molecule has 2 heterocycles. The summed E-state index contributed by atoms with van der Waals surface area (Å²) in [5, 5.41) is 20.4. The van der Waals surface area contributed by atoms with Gasteiger partial charge in [0.2, 0.25) is 5.95 Å². The summed E-state index contributed by atoms with van der Waals surface area (Å²) in [6.45, 7) is 2.38. The van der Waals surface area contributed by atoms with E-state index >= 15 is 0 Å². The lowest BCUT2D eigenvalue weighted by Gasteiger charge is -2.05. The number of hydrogen-bond donors (Lipinski definition) is 2. The molecule has 0 radical (unpaired) electrons. The number of hydrogen-bond acceptors (Lipinski definition) is 8. The van der Waals surface area contributed by atoms with Gasteiger partial charge >= 0.3 is 11.4 Å². The molecule has 0 saturated heterocycles. The van der Waals surface area contributed by atoms with Crippen LogP contribution in [0.25, 0.3) is 0 Å². The van der Waals surface area contributed by atoms with Crippen LogP contribution in [0.2, 0.25) is 0 Å². The van der Waals surface area contributed by atoms with Crippen LogP contribution >= 0.6 is 11.8 Å². The van der Waals surface area contributed by atoms with Crippen molar-refractivity contribution in [2.24, 2.45) is 0 Å². The second-order valence-electron chi connectivity index (χ2n) is 3.96. The fraction of sp³-hybridized carbons (Fsp3) is 0.400. The molecule has 0 aliphatic heterocycles. The van der Waals surface area contributed by atoms with Crippen LogP contribution in [-0.4, -0.2) is 36.7 Å². The quantitative estimate of drug-likeness (QED) is 0.456. The van der Waals surface area contributed by atoms with Crippen LogP contribution in [0.3, 0.4) is 0 Å². The normalized spacial score (nSPS) is 10.6. The summed E-state index contributed by atoms with van der Waals surface area (Å²) in [6, 6.07) is 0. The van der Waals surface area contributed by atoms with Crippen molar-refractivity contribution < 1.29 is 4.92 Å². The van der Waals surface area contributed by atoms with Crippen LogP contribution in [0.1, 0.15) is 13.3 Å². The number of nitrogens with one attached hydrogen (secondary N) is 2. The van der Waals surface area contributed by atoms with Crippen molar-refractivity contribution in [3.63, 3.8) is 0 Å². The number of nitro groups is 1. The summed E-state index contributed by atoms with van der Waals surface area (Å²) in [4.78, 5) is 29.9. The molecule has 21 heavy (non-hydrogen) atoms. The smallest absolute Gasteiger partial charge is 0.343 e. The van der Waals surface area contributed by atoms with Crippen molar-refractivity contribution >= 4 is 23.4 Å². The molecule has 0 fully saturated rings. The fourth-order valence-electron chi connectivity index (χ4n) is 1.57. The highest BCUT2D eigenvalue weighted by atomic mass is 32.2. The Kier molecular flexibility index (Phi) is 4.52. The number of aromatic nitrogens is 5. The van der Waals surface area contributed by atoms with E-state index in [1.807, 2.05) is 6.92 Å². The summed E-state index contributed by atoms with van der Waals surface area (Å²) in [5.74, 6) is 0.253. The molecule has 10 nitrogen and oxygen atoms in total. The van der Waals surface area contributed by atoms with Crippen molar-refractivity contribution in [2.45, 2.75) is 30.1 Å². The molecule has 0 bridgehead atoms. The Labute approximate surface area is 123 Å². The van der Waals surface area contributed by atoms with Crippen molar-refractivity contribution in [1.29, 1.82) is 0 Å². The highest BCUT2D eigenvalue weighted by Gasteiger charge is 2.21. The number of aromatic amines is 1. The van der Waals surface area contributed by atoms with Crippen molar-refractivity contribution in [3.8, 4) is 0 Å². The first-order chi connectivity index (χ1) is 10.1. The summed E-state index contributed by atoms with van der Waals surface area (Å²) in [6.07, 6.45) is 1.86. The zero-order valence-corrected chi connectivity index (χ0v) is 12.2. The largest absolute Gasteiger partial charge is 0.357 e. The van der Waals surface area contributed by atoms with Crippen LogP contribution in [0, 0.1) is 10.1 Å². The second kappa shape index (κ2) is 6.35. The first-order valence-electron chi connectivity index (χ1n) is 6.09. The van der Waals surface area contributed by atoms with Gasteiger partial charge in [0, 0.05) is 13.6 Å². The van der Waals surface area contributed by atoms with Gasteiger partial charge in [0.1, 0.15) is 6.20 Å². The van der Waals surface area contributed by atoms with Crippen LogP contribution in [0.5, 0.6) is 0 Å². The molecule has 0 amide bonds. The van der Waals surface area contributed by atoms with Gasteiger partial charge in [-0.1, -0.05) is 6.92 Å². The lowest BCUT2D eigenvalue weighted by Crippen LogP contribution is -2.17. The molecular formula is C10H13N7O3S. The van der Waals surface area contributed by atoms with Crippen molar-refractivity contribution in [1.82, 2.24) is 24.7 Å². The molecule has 112 valence electrons. The van der Waals surface area contributed by atoms with Crippen molar-refractivity contribution in [2.75, 3.05) is 12.4 Å². The van der Waals surface area contributed by atoms with Gasteiger partial charge in [-0.3, -0.25) is 14.7 Å². The van der Waals surface area contributed by atoms with E-state index in [4.69, 9.17) is 0 Å². The van der Waals surface area contributed by atoms with E-state index in [9.17, 15) is 14.9 Å². The average molecular weight is 311 g/mol. The van der Waals surface area contributed by atoms with Gasteiger partial charge in [-0.25, -0.2) is 14.9 Å². The molecule has 0 aliphatic carbocycles. The molecule has 0 spiro atoms. The lowest BCUT2D eigenvalue weighted by atomic mass is 10.5. The molecule has 11 heteroatoms. The maximum atomic E-state index is 11.6. The third-order valence-electron chi connectivity index (χ3n) is 2.51. The predicted octanol–water partition coefficient (Wildman–Crippen LogP) is 0.872. The first kappa shape index (κ1) is 15.0. The van der Waals surface area contributed by atoms with Crippen LogP contribution < -0.4 is 11.0 Å². The molecule has 0 aliphatic rings. The van der Waals surface area contributed by atoms with Crippen LogP contribution in [0.15, 0.2) is 21.2 Å². The van der Waals surface area contributed by atoms with Gasteiger partial charge < -0.3 is 5.32 Å². The van der Waals surface area contributed by atoms with Crippen molar-refractivity contribution in [3.05, 3.63) is 26.8 Å². The van der Waals surface area contributed by atoms with E-state index in [0.717, 1.165) is 24.4 Å². The molecule has 2 N–H and O–H groups in total. The standard InChI is InChI=1S/C10H13N7O3S/c1-3-4-16-9(18)14-15-10(16)21-7-6(17(19)20)5-12-8(11-2)13-7/h5H,3-4H2,1-2H3,(H,14,18)(H,11,12,13). The summed E-state index contributed by atoms with van der Waals surface area (Å²) < 4.78 is 1.41. The van der Waals surface area contributed by atoms with Gasteiger partial charge in [-0.15, -0.1) is 5.10 Å². The van der Waals surface area contributed by atoms with E-state index in [-0.39, 0.29) is 22.4 Å². The minimum atomic E-state index is -0.573. The highest BCUT2D eigenvalue weighted by Crippen LogP contribution is 2.31. The Morgan fingerprint density at radius 2 is 2.33 bits per heavy atom. The Balaban J connectivity index is 2.43. The predicted molar refractivity (Wildman–Crippen MR) is 75.5 cm³/mol. The first-order valence-corrected chi connectivity index (χ1v) is 6.90. The van der Waals surface area contributed by atoms with E-state index in [2.05, 4.69) is 25.5 Å². The maximum absolute atomic E-state index is 11.6. The minimum absolute atomic E-state index is 0.121. The average Bonchev–Trinajstić information content (AvgIpc) is 2.80. The Morgan fingerprint density at radius 1 is 1.57 bits per heavy atom. The summed E-state index contributed by atoms with van der Waals surface area (Å²) in [7, 11) is 1.61. The number of nitrogens with zero attached hydrogens (tertiary/aromatic N) is 5. The van der Waals surface area contributed by atoms with Gasteiger partial charge in [0.05, 0.1) is 4.92 Å². The second-order valence-corrected chi connectivity index (χ2v) is 4.91. The molecule has 2 rings (SSSR count). The highest BCUT2D eigenvalue weighted by molar-refractivity contribution is 7.99. The molecule has 0 aromatic carbocycles. The Bertz CT molecular complexity index is 711. The molecular weight excluding hydrogens is 298 g/mol. The van der Waals surface area contributed by atoms with Crippen LogP contribution in [-0.2, 0) is 6.54 Å². The maximum Gasteiger partial charge on any atom is 0.343 e. The zero-order chi connectivity index (χ0) is 15.4. The molecule has 2 aromatic heterocycles. The number of rotatable bonds is 6. The van der Waals surface area contributed by atoms with Gasteiger partial charge in [-0.2, -0.15) is 4.98 Å². The summed E-state index contributed by atoms with van der Waals surface area (Å²) >= 11 is 0.947.